The van der Waals surface area contributed by atoms with Crippen molar-refractivity contribution in [3.05, 3.63) is 51.5 Å². The molecule has 0 radical (unpaired) electrons. The van der Waals surface area contributed by atoms with Crippen LogP contribution in [-0.2, 0) is 6.54 Å². The zero-order valence-corrected chi connectivity index (χ0v) is 16.2. The third kappa shape index (κ3) is 4.33. The number of nitrogens with two attached hydrogens (primary N) is 1. The molecule has 0 saturated carbocycles. The molecule has 134 valence electrons. The Morgan fingerprint density at radius 1 is 1.40 bits per heavy atom. The third-order valence-electron chi connectivity index (χ3n) is 3.78. The van der Waals surface area contributed by atoms with Crippen LogP contribution in [0.1, 0.15) is 27.3 Å². The lowest BCUT2D eigenvalue weighted by Crippen LogP contribution is -2.25. The number of hydrogen-bond acceptors (Lipinski definition) is 4. The molecule has 3 aromatic rings. The van der Waals surface area contributed by atoms with Gasteiger partial charge < -0.3 is 11.1 Å². The number of aromatic nitrogens is 2. The van der Waals surface area contributed by atoms with E-state index in [-0.39, 0.29) is 18.3 Å². The Hall–Kier alpha value is -1.60. The highest BCUT2D eigenvalue weighted by Crippen LogP contribution is 2.29. The summed E-state index contributed by atoms with van der Waals surface area (Å²) in [7, 11) is 0. The number of carbonyl (C=O) groups excluding carboxylic acids is 1. The number of thiophene rings is 1. The molecule has 0 bridgehead atoms. The van der Waals surface area contributed by atoms with E-state index in [1.165, 1.54) is 11.3 Å². The highest BCUT2D eigenvalue weighted by molar-refractivity contribution is 7.20. The maximum Gasteiger partial charge on any atom is 0.261 e. The fourth-order valence-corrected chi connectivity index (χ4v) is 3.78. The second kappa shape index (κ2) is 8.67. The molecular weight excluding hydrogens is 379 g/mol. The van der Waals surface area contributed by atoms with E-state index >= 15 is 0 Å². The van der Waals surface area contributed by atoms with E-state index in [1.54, 1.807) is 0 Å². The molecule has 3 N–H and O–H groups in total. The zero-order valence-electron chi connectivity index (χ0n) is 13.8. The van der Waals surface area contributed by atoms with Gasteiger partial charge in [-0.25, -0.2) is 0 Å². The summed E-state index contributed by atoms with van der Waals surface area (Å²) in [6.45, 7) is 3.69. The van der Waals surface area contributed by atoms with Crippen LogP contribution in [0.3, 0.4) is 0 Å². The first kappa shape index (κ1) is 19.7. The molecule has 0 unspecified atom stereocenters. The molecule has 0 aliphatic rings. The highest BCUT2D eigenvalue weighted by Gasteiger charge is 2.16. The molecule has 2 aromatic heterocycles. The average Bonchev–Trinajstić information content (AvgIpc) is 3.12. The van der Waals surface area contributed by atoms with Crippen LogP contribution in [0, 0.1) is 6.92 Å². The number of halogens is 2. The van der Waals surface area contributed by atoms with Gasteiger partial charge in [0.1, 0.15) is 4.83 Å². The van der Waals surface area contributed by atoms with Crippen molar-refractivity contribution in [2.24, 2.45) is 5.73 Å². The summed E-state index contributed by atoms with van der Waals surface area (Å²) in [4.78, 5) is 13.9. The van der Waals surface area contributed by atoms with Gasteiger partial charge in [-0.05, 0) is 37.6 Å². The van der Waals surface area contributed by atoms with Crippen molar-refractivity contribution in [2.75, 3.05) is 13.1 Å². The molecule has 0 saturated heterocycles. The fraction of sp³-hybridized carbons (Fsp3) is 0.294. The molecule has 0 aliphatic heterocycles. The Labute approximate surface area is 161 Å². The number of nitrogens with one attached hydrogen (secondary N) is 1. The second-order valence-electron chi connectivity index (χ2n) is 5.56. The first-order valence-electron chi connectivity index (χ1n) is 7.78. The van der Waals surface area contributed by atoms with Crippen LogP contribution in [0.2, 0.25) is 5.02 Å². The van der Waals surface area contributed by atoms with Crippen LogP contribution in [0.5, 0.6) is 0 Å². The quantitative estimate of drug-likeness (QED) is 0.622. The van der Waals surface area contributed by atoms with Gasteiger partial charge in [-0.1, -0.05) is 29.8 Å². The lowest BCUT2D eigenvalue weighted by molar-refractivity contribution is 0.0957. The molecule has 3 rings (SSSR count). The lowest BCUT2D eigenvalue weighted by Gasteiger charge is -2.05. The maximum absolute atomic E-state index is 12.2. The second-order valence-corrected chi connectivity index (χ2v) is 7.00. The van der Waals surface area contributed by atoms with Crippen LogP contribution < -0.4 is 11.1 Å². The first-order chi connectivity index (χ1) is 11.6. The predicted octanol–water partition coefficient (Wildman–Crippen LogP) is 3.61. The highest BCUT2D eigenvalue weighted by atomic mass is 35.5. The van der Waals surface area contributed by atoms with Crippen LogP contribution in [0.4, 0.5) is 0 Å². The summed E-state index contributed by atoms with van der Waals surface area (Å²) in [5, 5.41) is 9.20. The van der Waals surface area contributed by atoms with Crippen molar-refractivity contribution in [1.29, 1.82) is 0 Å². The van der Waals surface area contributed by atoms with E-state index < -0.39 is 0 Å². The number of hydrogen-bond donors (Lipinski definition) is 2. The smallest absolute Gasteiger partial charge is 0.261 e. The Morgan fingerprint density at radius 2 is 2.16 bits per heavy atom. The summed E-state index contributed by atoms with van der Waals surface area (Å²) in [6.07, 6.45) is 0.774. The summed E-state index contributed by atoms with van der Waals surface area (Å²) in [5.41, 5.74) is 7.37. The Morgan fingerprint density at radius 3 is 2.88 bits per heavy atom. The van der Waals surface area contributed by atoms with E-state index in [0.29, 0.717) is 24.5 Å². The normalized spacial score (nSPS) is 10.7. The van der Waals surface area contributed by atoms with E-state index in [2.05, 4.69) is 10.4 Å². The van der Waals surface area contributed by atoms with Crippen LogP contribution in [0.15, 0.2) is 30.3 Å². The Balaban J connectivity index is 0.00000225. The number of carbonyl (C=O) groups is 1. The molecule has 2 heterocycles. The predicted molar refractivity (Wildman–Crippen MR) is 106 cm³/mol. The van der Waals surface area contributed by atoms with Gasteiger partial charge in [0.2, 0.25) is 0 Å². The molecule has 0 aliphatic carbocycles. The van der Waals surface area contributed by atoms with Crippen molar-refractivity contribution in [1.82, 2.24) is 15.1 Å². The number of aryl methyl sites for hydroxylation is 1. The standard InChI is InChI=1S/C17H19ClN4OS.ClH/c1-11-13-9-15(16(23)20-8-4-7-19)24-17(13)22(21-11)10-12-5-2-3-6-14(12)18;/h2-3,5-6,9H,4,7-8,10,19H2,1H3,(H,20,23);1H. The van der Waals surface area contributed by atoms with Gasteiger partial charge in [0, 0.05) is 17.0 Å². The van der Waals surface area contributed by atoms with Crippen molar-refractivity contribution >= 4 is 51.5 Å². The van der Waals surface area contributed by atoms with Crippen molar-refractivity contribution in [3.63, 3.8) is 0 Å². The van der Waals surface area contributed by atoms with E-state index in [4.69, 9.17) is 17.3 Å². The number of amides is 1. The minimum atomic E-state index is -0.0617. The Kier molecular flexibility index (Phi) is 6.84. The van der Waals surface area contributed by atoms with E-state index in [1.807, 2.05) is 41.9 Å². The summed E-state index contributed by atoms with van der Waals surface area (Å²) in [5.74, 6) is -0.0617. The summed E-state index contributed by atoms with van der Waals surface area (Å²) < 4.78 is 1.91. The van der Waals surface area contributed by atoms with Gasteiger partial charge >= 0.3 is 0 Å². The lowest BCUT2D eigenvalue weighted by atomic mass is 10.2. The van der Waals surface area contributed by atoms with Crippen molar-refractivity contribution < 1.29 is 4.79 Å². The number of rotatable bonds is 6. The Bertz CT molecular complexity index is 875. The van der Waals surface area contributed by atoms with E-state index in [0.717, 1.165) is 32.9 Å². The molecule has 0 atom stereocenters. The minimum absolute atomic E-state index is 0. The van der Waals surface area contributed by atoms with Crippen molar-refractivity contribution in [3.8, 4) is 0 Å². The van der Waals surface area contributed by atoms with Gasteiger partial charge in [0.05, 0.1) is 17.1 Å². The monoisotopic (exact) mass is 398 g/mol. The molecule has 25 heavy (non-hydrogen) atoms. The number of nitrogens with zero attached hydrogens (tertiary/aromatic N) is 2. The summed E-state index contributed by atoms with van der Waals surface area (Å²) >= 11 is 7.70. The molecule has 1 amide bonds. The van der Waals surface area contributed by atoms with Crippen LogP contribution >= 0.6 is 35.3 Å². The van der Waals surface area contributed by atoms with Crippen LogP contribution in [0.25, 0.3) is 10.2 Å². The molecule has 0 fully saturated rings. The molecule has 0 spiro atoms. The SMILES string of the molecule is Cc1nn(Cc2ccccc2Cl)c2sc(C(=O)NCCCN)cc12.Cl. The molecule has 1 aromatic carbocycles. The largest absolute Gasteiger partial charge is 0.351 e. The van der Waals surface area contributed by atoms with Crippen molar-refractivity contribution in [2.45, 2.75) is 19.9 Å². The molecule has 5 nitrogen and oxygen atoms in total. The topological polar surface area (TPSA) is 72.9 Å². The number of fused-ring (bicyclic) bond motifs is 1. The first-order valence-corrected chi connectivity index (χ1v) is 8.98. The summed E-state index contributed by atoms with van der Waals surface area (Å²) in [6, 6.07) is 9.63. The van der Waals surface area contributed by atoms with Gasteiger partial charge in [0.25, 0.3) is 5.91 Å². The average molecular weight is 399 g/mol. The third-order valence-corrected chi connectivity index (χ3v) is 5.29. The van der Waals surface area contributed by atoms with Gasteiger partial charge in [0.15, 0.2) is 0 Å². The molecule has 8 heteroatoms. The van der Waals surface area contributed by atoms with Crippen LogP contribution in [-0.4, -0.2) is 28.8 Å². The van der Waals surface area contributed by atoms with Gasteiger partial charge in [-0.2, -0.15) is 5.10 Å². The fourth-order valence-electron chi connectivity index (χ4n) is 2.51. The van der Waals surface area contributed by atoms with Gasteiger partial charge in [-0.3, -0.25) is 9.48 Å². The maximum atomic E-state index is 12.2. The van der Waals surface area contributed by atoms with Gasteiger partial charge in [-0.15, -0.1) is 23.7 Å². The zero-order chi connectivity index (χ0) is 17.1. The van der Waals surface area contributed by atoms with E-state index in [9.17, 15) is 4.79 Å². The number of benzene rings is 1. The molecular formula is C17H20Cl2N4OS. The minimum Gasteiger partial charge on any atom is -0.351 e.